The van der Waals surface area contributed by atoms with Crippen LogP contribution >= 0.6 is 0 Å². The molecule has 4 atom stereocenters. The van der Waals surface area contributed by atoms with Gasteiger partial charge in [-0.05, 0) is 0 Å². The molecular formula is C6H10O6. The molecule has 2 aliphatic heterocycles. The van der Waals surface area contributed by atoms with Gasteiger partial charge in [0.15, 0.2) is 0 Å². The monoisotopic (exact) mass is 178 g/mol. The van der Waals surface area contributed by atoms with Gasteiger partial charge in [0, 0.05) is 0 Å². The fourth-order valence-electron chi connectivity index (χ4n) is 1.51. The van der Waals surface area contributed by atoms with Gasteiger partial charge in [-0.1, -0.05) is 0 Å². The van der Waals surface area contributed by atoms with Crippen LogP contribution in [0.25, 0.3) is 0 Å². The van der Waals surface area contributed by atoms with Gasteiger partial charge in [0.25, 0.3) is 11.6 Å². The first-order valence-electron chi connectivity index (χ1n) is 3.59. The fraction of sp³-hybridized carbons (Fsp3) is 1.00. The minimum absolute atomic E-state index is 0.260. The SMILES string of the molecule is O[C@@H]1CO[C@]2(O)[C@H](O)CO[C@]12O. The lowest BCUT2D eigenvalue weighted by molar-refractivity contribution is -0.329. The molecule has 2 heterocycles. The Morgan fingerprint density at radius 2 is 1.25 bits per heavy atom. The number of aliphatic hydroxyl groups is 4. The highest BCUT2D eigenvalue weighted by molar-refractivity contribution is 5.05. The van der Waals surface area contributed by atoms with Crippen molar-refractivity contribution in [2.45, 2.75) is 23.8 Å². The summed E-state index contributed by atoms with van der Waals surface area (Å²) in [7, 11) is 0. The Kier molecular flexibility index (Phi) is 1.51. The number of fused-ring (bicyclic) bond motifs is 1. The minimum atomic E-state index is -2.19. The third-order valence-corrected chi connectivity index (χ3v) is 2.34. The molecule has 2 rings (SSSR count). The van der Waals surface area contributed by atoms with Crippen molar-refractivity contribution in [3.63, 3.8) is 0 Å². The fourth-order valence-corrected chi connectivity index (χ4v) is 1.51. The van der Waals surface area contributed by atoms with Crippen molar-refractivity contribution in [3.05, 3.63) is 0 Å². The van der Waals surface area contributed by atoms with Gasteiger partial charge >= 0.3 is 0 Å². The Morgan fingerprint density at radius 3 is 1.58 bits per heavy atom. The number of rotatable bonds is 0. The summed E-state index contributed by atoms with van der Waals surface area (Å²) in [6.45, 7) is -0.520. The third kappa shape index (κ3) is 0.698. The number of ether oxygens (including phenoxy) is 2. The Hall–Kier alpha value is -0.240. The van der Waals surface area contributed by atoms with Gasteiger partial charge in [0.1, 0.15) is 12.2 Å². The first-order chi connectivity index (χ1) is 5.51. The first kappa shape index (κ1) is 8.36. The van der Waals surface area contributed by atoms with E-state index in [0.717, 1.165) is 0 Å². The van der Waals surface area contributed by atoms with Crippen molar-refractivity contribution in [1.29, 1.82) is 0 Å². The van der Waals surface area contributed by atoms with Crippen molar-refractivity contribution in [2.24, 2.45) is 0 Å². The van der Waals surface area contributed by atoms with E-state index in [4.69, 9.17) is 0 Å². The van der Waals surface area contributed by atoms with E-state index < -0.39 is 23.8 Å². The van der Waals surface area contributed by atoms with Gasteiger partial charge in [-0.25, -0.2) is 0 Å². The second kappa shape index (κ2) is 2.16. The molecule has 2 aliphatic rings. The highest BCUT2D eigenvalue weighted by Crippen LogP contribution is 2.42. The lowest BCUT2D eigenvalue weighted by Gasteiger charge is -2.30. The van der Waals surface area contributed by atoms with E-state index in [1.54, 1.807) is 0 Å². The highest BCUT2D eigenvalue weighted by atomic mass is 16.8. The lowest BCUT2D eigenvalue weighted by atomic mass is 10.0. The molecule has 2 fully saturated rings. The van der Waals surface area contributed by atoms with E-state index in [1.807, 2.05) is 0 Å². The highest BCUT2D eigenvalue weighted by Gasteiger charge is 2.70. The summed E-state index contributed by atoms with van der Waals surface area (Å²) >= 11 is 0. The summed E-state index contributed by atoms with van der Waals surface area (Å²) in [5, 5.41) is 37.4. The first-order valence-corrected chi connectivity index (χ1v) is 3.59. The Labute approximate surface area is 68.0 Å². The number of hydrogen-bond donors (Lipinski definition) is 4. The number of hydrogen-bond acceptors (Lipinski definition) is 6. The normalized spacial score (nSPS) is 59.0. The van der Waals surface area contributed by atoms with Crippen molar-refractivity contribution in [3.8, 4) is 0 Å². The van der Waals surface area contributed by atoms with E-state index in [9.17, 15) is 20.4 Å². The maximum absolute atomic E-state index is 9.52. The van der Waals surface area contributed by atoms with Crippen LogP contribution < -0.4 is 0 Å². The summed E-state index contributed by atoms with van der Waals surface area (Å²) < 4.78 is 9.34. The molecular weight excluding hydrogens is 168 g/mol. The smallest absolute Gasteiger partial charge is 0.253 e. The molecule has 0 saturated carbocycles. The zero-order valence-corrected chi connectivity index (χ0v) is 6.17. The van der Waals surface area contributed by atoms with Crippen LogP contribution in [0.4, 0.5) is 0 Å². The van der Waals surface area contributed by atoms with E-state index in [1.165, 1.54) is 0 Å². The van der Waals surface area contributed by atoms with Gasteiger partial charge in [0.05, 0.1) is 13.2 Å². The third-order valence-electron chi connectivity index (χ3n) is 2.34. The predicted molar refractivity (Wildman–Crippen MR) is 33.8 cm³/mol. The molecule has 0 aromatic carbocycles. The second-order valence-corrected chi connectivity index (χ2v) is 3.05. The van der Waals surface area contributed by atoms with E-state index in [2.05, 4.69) is 9.47 Å². The summed E-state index contributed by atoms with van der Waals surface area (Å²) in [5.41, 5.74) is 0. The molecule has 0 aromatic heterocycles. The lowest BCUT2D eigenvalue weighted by Crippen LogP contribution is -2.57. The summed E-state index contributed by atoms with van der Waals surface area (Å²) in [6, 6.07) is 0. The average molecular weight is 178 g/mol. The summed E-state index contributed by atoms with van der Waals surface area (Å²) in [4.78, 5) is 0. The molecule has 0 bridgehead atoms. The minimum Gasteiger partial charge on any atom is -0.385 e. The van der Waals surface area contributed by atoms with Gasteiger partial charge in [-0.2, -0.15) is 0 Å². The van der Waals surface area contributed by atoms with Crippen molar-refractivity contribution in [2.75, 3.05) is 13.2 Å². The zero-order chi connectivity index (χ0) is 8.98. The molecule has 0 amide bonds. The molecule has 6 heteroatoms. The standard InChI is InChI=1S/C6H10O6/c7-3-1-11-6(10)4(8)2-12-5(3,6)9/h3-4,7-10H,1-2H2/t3-,4-,5-,6-/m1/s1. The van der Waals surface area contributed by atoms with Gasteiger partial charge in [-0.3, -0.25) is 0 Å². The molecule has 0 spiro atoms. The van der Waals surface area contributed by atoms with Crippen LogP contribution in [-0.2, 0) is 9.47 Å². The molecule has 0 radical (unpaired) electrons. The van der Waals surface area contributed by atoms with Crippen LogP contribution in [-0.4, -0.2) is 57.4 Å². The number of aliphatic hydroxyl groups excluding tert-OH is 2. The van der Waals surface area contributed by atoms with Crippen LogP contribution in [0, 0.1) is 0 Å². The van der Waals surface area contributed by atoms with Crippen LogP contribution in [0.5, 0.6) is 0 Å². The van der Waals surface area contributed by atoms with E-state index in [0.29, 0.717) is 0 Å². The molecule has 2 saturated heterocycles. The van der Waals surface area contributed by atoms with Gasteiger partial charge in [-0.15, -0.1) is 0 Å². The van der Waals surface area contributed by atoms with Crippen molar-refractivity contribution in [1.82, 2.24) is 0 Å². The van der Waals surface area contributed by atoms with Crippen molar-refractivity contribution < 1.29 is 29.9 Å². The Balaban J connectivity index is 2.37. The molecule has 6 nitrogen and oxygen atoms in total. The van der Waals surface area contributed by atoms with E-state index >= 15 is 0 Å². The second-order valence-electron chi connectivity index (χ2n) is 3.05. The van der Waals surface area contributed by atoms with Crippen LogP contribution in [0.3, 0.4) is 0 Å². The Bertz CT molecular complexity index is 186. The molecule has 70 valence electrons. The van der Waals surface area contributed by atoms with Gasteiger partial charge in [0.2, 0.25) is 0 Å². The summed E-state index contributed by atoms with van der Waals surface area (Å²) in [6.07, 6.45) is -2.67. The largest absolute Gasteiger partial charge is 0.385 e. The molecule has 0 aliphatic carbocycles. The van der Waals surface area contributed by atoms with Crippen LogP contribution in [0.1, 0.15) is 0 Å². The predicted octanol–water partition coefficient (Wildman–Crippen LogP) is -2.85. The molecule has 0 unspecified atom stereocenters. The van der Waals surface area contributed by atoms with E-state index in [-0.39, 0.29) is 13.2 Å². The topological polar surface area (TPSA) is 99.4 Å². The van der Waals surface area contributed by atoms with Crippen LogP contribution in [0.15, 0.2) is 0 Å². The Morgan fingerprint density at radius 1 is 0.917 bits per heavy atom. The molecule has 12 heavy (non-hydrogen) atoms. The van der Waals surface area contributed by atoms with Gasteiger partial charge < -0.3 is 29.9 Å². The molecule has 4 N–H and O–H groups in total. The molecule has 0 aromatic rings. The summed E-state index contributed by atoms with van der Waals surface area (Å²) in [5.74, 6) is -4.38. The van der Waals surface area contributed by atoms with Crippen molar-refractivity contribution >= 4 is 0 Å². The quantitative estimate of drug-likeness (QED) is 0.318. The maximum atomic E-state index is 9.52. The maximum Gasteiger partial charge on any atom is 0.253 e. The van der Waals surface area contributed by atoms with Crippen LogP contribution in [0.2, 0.25) is 0 Å². The zero-order valence-electron chi connectivity index (χ0n) is 6.17. The average Bonchev–Trinajstić information content (AvgIpc) is 2.39.